The first kappa shape index (κ1) is 27.6. The van der Waals surface area contributed by atoms with Crippen LogP contribution in [0.2, 0.25) is 0 Å². The predicted molar refractivity (Wildman–Crippen MR) is 137 cm³/mol. The molecule has 1 aliphatic heterocycles. The second-order valence-electron chi connectivity index (χ2n) is 9.04. The van der Waals surface area contributed by atoms with Crippen molar-refractivity contribution >= 4 is 37.0 Å². The number of hydrogen-bond acceptors (Lipinski definition) is 7. The third kappa shape index (κ3) is 6.11. The number of amides is 1. The van der Waals surface area contributed by atoms with E-state index in [1.54, 1.807) is 48.5 Å². The van der Waals surface area contributed by atoms with Gasteiger partial charge in [-0.3, -0.25) is 9.52 Å². The van der Waals surface area contributed by atoms with E-state index in [0.29, 0.717) is 28.0 Å². The molecule has 0 bridgehead atoms. The minimum absolute atomic E-state index is 0.0865. The first-order valence-electron chi connectivity index (χ1n) is 11.8. The van der Waals surface area contributed by atoms with Crippen LogP contribution in [-0.2, 0) is 31.3 Å². The molecule has 10 nitrogen and oxygen atoms in total. The summed E-state index contributed by atoms with van der Waals surface area (Å²) in [5.74, 6) is -0.868. The molecule has 1 unspecified atom stereocenters. The molecular formula is C25H21F3N4O6S2. The van der Waals surface area contributed by atoms with Crippen LogP contribution in [0.1, 0.15) is 34.7 Å². The number of nitrogens with zero attached hydrogens (tertiary/aromatic N) is 1. The summed E-state index contributed by atoms with van der Waals surface area (Å²) in [7, 11) is -8.07. The average Bonchev–Trinajstić information content (AvgIpc) is 3.42. The van der Waals surface area contributed by atoms with Gasteiger partial charge in [-0.05, 0) is 53.9 Å². The Morgan fingerprint density at radius 2 is 1.70 bits per heavy atom. The number of nitrogens with one attached hydrogen (secondary N) is 3. The summed E-state index contributed by atoms with van der Waals surface area (Å²) in [5.41, 5.74) is 2.29. The normalized spacial score (nSPS) is 18.0. The number of imidazole rings is 1. The van der Waals surface area contributed by atoms with E-state index in [0.717, 1.165) is 24.3 Å². The lowest BCUT2D eigenvalue weighted by Crippen LogP contribution is -2.31. The van der Waals surface area contributed by atoms with Crippen molar-refractivity contribution in [2.75, 3.05) is 0 Å². The SMILES string of the molecule is O=C1CC(c2ccc(C[C@H](NS(=O)(=O)c3ccc(OC(F)(F)F)cc3)c3nc4ccccc4[nH]3)cc2)S(=O)(=O)N1. The highest BCUT2D eigenvalue weighted by Gasteiger charge is 2.38. The predicted octanol–water partition coefficient (Wildman–Crippen LogP) is 3.61. The molecule has 3 aromatic carbocycles. The molecule has 210 valence electrons. The number of aromatic nitrogens is 2. The highest BCUT2D eigenvalue weighted by Crippen LogP contribution is 2.31. The van der Waals surface area contributed by atoms with E-state index in [2.05, 4.69) is 19.4 Å². The number of hydrogen-bond donors (Lipinski definition) is 3. The average molecular weight is 595 g/mol. The van der Waals surface area contributed by atoms with Crippen molar-refractivity contribution in [2.24, 2.45) is 0 Å². The van der Waals surface area contributed by atoms with Crippen LogP contribution < -0.4 is 14.2 Å². The van der Waals surface area contributed by atoms with Crippen LogP contribution >= 0.6 is 0 Å². The Kier molecular flexibility index (Phi) is 7.06. The van der Waals surface area contributed by atoms with E-state index in [1.165, 1.54) is 0 Å². The Bertz CT molecular complexity index is 1740. The minimum atomic E-state index is -4.92. The Morgan fingerprint density at radius 1 is 1.02 bits per heavy atom. The summed E-state index contributed by atoms with van der Waals surface area (Å²) < 4.78 is 96.6. The van der Waals surface area contributed by atoms with Crippen LogP contribution in [-0.4, -0.2) is 39.1 Å². The molecule has 3 N–H and O–H groups in total. The number of aromatic amines is 1. The van der Waals surface area contributed by atoms with E-state index in [4.69, 9.17) is 0 Å². The number of halogens is 3. The van der Waals surface area contributed by atoms with Crippen molar-refractivity contribution in [1.82, 2.24) is 19.4 Å². The quantitative estimate of drug-likeness (QED) is 0.282. The summed E-state index contributed by atoms with van der Waals surface area (Å²) in [6, 6.07) is 16.3. The van der Waals surface area contributed by atoms with Crippen molar-refractivity contribution in [1.29, 1.82) is 0 Å². The lowest BCUT2D eigenvalue weighted by Gasteiger charge is -2.18. The number of H-pyrrole nitrogens is 1. The highest BCUT2D eigenvalue weighted by atomic mass is 32.2. The first-order valence-corrected chi connectivity index (χ1v) is 14.8. The van der Waals surface area contributed by atoms with Gasteiger partial charge < -0.3 is 9.72 Å². The molecule has 2 atom stereocenters. The van der Waals surface area contributed by atoms with Gasteiger partial charge in [0.2, 0.25) is 26.0 Å². The number of benzene rings is 3. The molecular weight excluding hydrogens is 573 g/mol. The molecule has 0 radical (unpaired) electrons. The number of fused-ring (bicyclic) bond motifs is 1. The third-order valence-corrected chi connectivity index (χ3v) is 9.38. The molecule has 40 heavy (non-hydrogen) atoms. The Labute approximate surface area is 226 Å². The maximum atomic E-state index is 13.2. The number of ether oxygens (including phenoxy) is 1. The van der Waals surface area contributed by atoms with Gasteiger partial charge in [0.15, 0.2) is 0 Å². The summed E-state index contributed by atoms with van der Waals surface area (Å²) in [4.78, 5) is 18.9. The van der Waals surface area contributed by atoms with Crippen molar-refractivity contribution < 1.29 is 39.5 Å². The van der Waals surface area contributed by atoms with E-state index < -0.39 is 49.4 Å². The molecule has 0 saturated carbocycles. The molecule has 1 amide bonds. The molecule has 15 heteroatoms. The lowest BCUT2D eigenvalue weighted by atomic mass is 10.0. The molecule has 1 saturated heterocycles. The summed E-state index contributed by atoms with van der Waals surface area (Å²) >= 11 is 0. The number of carbonyl (C=O) groups is 1. The monoisotopic (exact) mass is 594 g/mol. The second-order valence-corrected chi connectivity index (χ2v) is 12.6. The fraction of sp³-hybridized carbons (Fsp3) is 0.200. The smallest absolute Gasteiger partial charge is 0.406 e. The lowest BCUT2D eigenvalue weighted by molar-refractivity contribution is -0.274. The van der Waals surface area contributed by atoms with Gasteiger partial charge in [-0.2, -0.15) is 0 Å². The standard InChI is InChI=1S/C25H21F3N4O6S2/c26-25(27,28)38-17-9-11-18(12-10-17)39(34,35)31-21(24-29-19-3-1-2-4-20(19)30-24)13-15-5-7-16(8-6-15)22-14-23(33)32-40(22,36)37/h1-12,21-22,31H,13-14H2,(H,29,30)(H,32,33)/t21-,22?/m0/s1. The van der Waals surface area contributed by atoms with Crippen LogP contribution in [0.4, 0.5) is 13.2 Å². The number of rotatable bonds is 8. The van der Waals surface area contributed by atoms with Crippen LogP contribution in [0.15, 0.2) is 77.7 Å². The zero-order valence-electron chi connectivity index (χ0n) is 20.3. The Hall–Kier alpha value is -3.95. The summed E-state index contributed by atoms with van der Waals surface area (Å²) in [6.45, 7) is 0. The van der Waals surface area contributed by atoms with Gasteiger partial charge in [-0.25, -0.2) is 26.5 Å². The van der Waals surface area contributed by atoms with Crippen LogP contribution in [0, 0.1) is 0 Å². The maximum Gasteiger partial charge on any atom is 0.573 e. The van der Waals surface area contributed by atoms with Crippen molar-refractivity contribution in [3.8, 4) is 5.75 Å². The number of carbonyl (C=O) groups excluding carboxylic acids is 1. The van der Waals surface area contributed by atoms with Gasteiger partial charge >= 0.3 is 6.36 Å². The van der Waals surface area contributed by atoms with Crippen LogP contribution in [0.3, 0.4) is 0 Å². The molecule has 0 spiro atoms. The molecule has 1 fully saturated rings. The largest absolute Gasteiger partial charge is 0.573 e. The van der Waals surface area contributed by atoms with E-state index in [1.807, 2.05) is 4.72 Å². The van der Waals surface area contributed by atoms with Gasteiger partial charge in [-0.1, -0.05) is 36.4 Å². The molecule has 5 rings (SSSR count). The molecule has 1 aromatic heterocycles. The fourth-order valence-corrected chi connectivity index (χ4v) is 6.99. The second kappa shape index (κ2) is 10.2. The molecule has 4 aromatic rings. The Balaban J connectivity index is 1.42. The third-order valence-electron chi connectivity index (χ3n) is 6.20. The number of alkyl halides is 3. The zero-order chi connectivity index (χ0) is 28.7. The molecule has 1 aliphatic rings. The maximum absolute atomic E-state index is 13.2. The summed E-state index contributed by atoms with van der Waals surface area (Å²) in [5, 5.41) is -1.02. The van der Waals surface area contributed by atoms with E-state index in [-0.39, 0.29) is 17.7 Å². The van der Waals surface area contributed by atoms with Crippen molar-refractivity contribution in [3.63, 3.8) is 0 Å². The van der Waals surface area contributed by atoms with E-state index >= 15 is 0 Å². The fourth-order valence-electron chi connectivity index (χ4n) is 4.36. The zero-order valence-corrected chi connectivity index (χ0v) is 22.0. The van der Waals surface area contributed by atoms with Gasteiger partial charge in [0.25, 0.3) is 0 Å². The van der Waals surface area contributed by atoms with Gasteiger partial charge in [0.1, 0.15) is 16.8 Å². The molecule has 0 aliphatic carbocycles. The van der Waals surface area contributed by atoms with Crippen LogP contribution in [0.5, 0.6) is 5.75 Å². The first-order chi connectivity index (χ1) is 18.8. The van der Waals surface area contributed by atoms with Crippen LogP contribution in [0.25, 0.3) is 11.0 Å². The topological polar surface area (TPSA) is 147 Å². The highest BCUT2D eigenvalue weighted by molar-refractivity contribution is 7.90. The van der Waals surface area contributed by atoms with Crippen molar-refractivity contribution in [2.45, 2.75) is 35.4 Å². The van der Waals surface area contributed by atoms with Crippen molar-refractivity contribution in [3.05, 3.63) is 89.7 Å². The van der Waals surface area contributed by atoms with Gasteiger partial charge in [0, 0.05) is 0 Å². The van der Waals surface area contributed by atoms with Gasteiger partial charge in [0.05, 0.1) is 28.4 Å². The number of para-hydroxylation sites is 2. The summed E-state index contributed by atoms with van der Waals surface area (Å²) in [6.07, 6.45) is -5.03. The van der Waals surface area contributed by atoms with E-state index in [9.17, 15) is 34.8 Å². The molecule has 2 heterocycles. The number of sulfonamides is 2. The van der Waals surface area contributed by atoms with Gasteiger partial charge in [-0.15, -0.1) is 13.2 Å². The Morgan fingerprint density at radius 3 is 2.30 bits per heavy atom. The minimum Gasteiger partial charge on any atom is -0.406 e.